The van der Waals surface area contributed by atoms with Crippen LogP contribution in [0.3, 0.4) is 0 Å². The van der Waals surface area contributed by atoms with E-state index in [1.807, 2.05) is 128 Å². The van der Waals surface area contributed by atoms with Crippen molar-refractivity contribution in [2.45, 2.75) is 55.4 Å². The second kappa shape index (κ2) is 29.4. The first kappa shape index (κ1) is 63.4. The summed E-state index contributed by atoms with van der Waals surface area (Å²) in [7, 11) is -7.50. The SMILES string of the molecule is CC.CC.CC.CC.Nc1ccc(Oc2ccc(Oc3ccc(N)cc3)c(P3(=O)Oc4ccccc4-c4ccccc43)c2)cc1.O=[N+]([O-])c1ccc(Oc2ccc(Oc3ccc([N+](=O)[O-])cc3)c(P3(=O)Oc4ccccc4-c4ccccc43)c2)cc1. The molecular formula is C68H66N4O12P2. The summed E-state index contributed by atoms with van der Waals surface area (Å²) in [5, 5.41) is 23.8. The summed E-state index contributed by atoms with van der Waals surface area (Å²) in [5.74, 6) is 4.14. The molecule has 0 radical (unpaired) electrons. The Morgan fingerprint density at radius 1 is 0.337 bits per heavy atom. The third kappa shape index (κ3) is 14.3. The first-order valence-electron chi connectivity index (χ1n) is 28.0. The number of fused-ring (bicyclic) bond motifs is 6. The number of nitrogens with two attached hydrogens (primary N) is 2. The van der Waals surface area contributed by atoms with Crippen LogP contribution in [0.2, 0.25) is 0 Å². The maximum Gasteiger partial charge on any atom is 0.311 e. The number of non-ortho nitro benzene ring substituents is 2. The van der Waals surface area contributed by atoms with Crippen LogP contribution in [0.4, 0.5) is 22.7 Å². The second-order valence-electron chi connectivity index (χ2n) is 17.6. The number of hydrogen-bond acceptors (Lipinski definition) is 14. The first-order valence-corrected chi connectivity index (χ1v) is 31.2. The number of benzene rings is 10. The Kier molecular flexibility index (Phi) is 21.7. The van der Waals surface area contributed by atoms with E-state index in [1.165, 1.54) is 48.5 Å². The zero-order valence-electron chi connectivity index (χ0n) is 48.8. The van der Waals surface area contributed by atoms with Gasteiger partial charge in [-0.25, -0.2) is 0 Å². The summed E-state index contributed by atoms with van der Waals surface area (Å²) < 4.78 is 66.9. The number of nitrogens with zero attached hydrogens (tertiary/aromatic N) is 2. The van der Waals surface area contributed by atoms with Gasteiger partial charge in [0.1, 0.15) is 57.5 Å². The van der Waals surface area contributed by atoms with E-state index in [0.29, 0.717) is 73.3 Å². The number of para-hydroxylation sites is 2. The highest BCUT2D eigenvalue weighted by Crippen LogP contribution is 2.57. The van der Waals surface area contributed by atoms with Crippen molar-refractivity contribution in [3.63, 3.8) is 0 Å². The van der Waals surface area contributed by atoms with Crippen LogP contribution >= 0.6 is 14.7 Å². The normalized spacial score (nSPS) is 14.2. The summed E-state index contributed by atoms with van der Waals surface area (Å²) in [6.45, 7) is 16.0. The molecule has 0 fully saturated rings. The highest BCUT2D eigenvalue weighted by Gasteiger charge is 2.42. The van der Waals surface area contributed by atoms with Crippen LogP contribution in [0, 0.1) is 20.2 Å². The molecule has 16 nitrogen and oxygen atoms in total. The molecule has 2 aliphatic heterocycles. The maximum absolute atomic E-state index is 15.0. The van der Waals surface area contributed by atoms with Crippen LogP contribution in [0.1, 0.15) is 55.4 Å². The molecule has 2 aliphatic rings. The van der Waals surface area contributed by atoms with Gasteiger partial charge in [0.2, 0.25) is 0 Å². The molecule has 440 valence electrons. The van der Waals surface area contributed by atoms with E-state index in [2.05, 4.69) is 0 Å². The van der Waals surface area contributed by atoms with Crippen LogP contribution in [-0.2, 0) is 9.13 Å². The number of hydrogen-bond donors (Lipinski definition) is 2. The molecule has 2 heterocycles. The van der Waals surface area contributed by atoms with E-state index in [4.69, 9.17) is 39.5 Å². The smallest absolute Gasteiger partial charge is 0.311 e. The van der Waals surface area contributed by atoms with Gasteiger partial charge in [-0.1, -0.05) is 128 Å². The molecule has 0 aromatic heterocycles. The monoisotopic (exact) mass is 1190 g/mol. The minimum absolute atomic E-state index is 0.0831. The van der Waals surface area contributed by atoms with Crippen LogP contribution in [0.5, 0.6) is 57.5 Å². The number of rotatable bonds is 12. The highest BCUT2D eigenvalue weighted by molar-refractivity contribution is 7.75. The quantitative estimate of drug-likeness (QED) is 0.0502. The predicted octanol–water partition coefficient (Wildman–Crippen LogP) is 18.2. The number of ether oxygens (including phenoxy) is 4. The largest absolute Gasteiger partial charge is 0.457 e. The summed E-state index contributed by atoms with van der Waals surface area (Å²) in [6, 6.07) is 64.8. The number of nitro benzene ring substituents is 2. The molecule has 4 N–H and O–H groups in total. The molecule has 0 aliphatic carbocycles. The molecule has 86 heavy (non-hydrogen) atoms. The molecule has 0 spiro atoms. The fourth-order valence-electron chi connectivity index (χ4n) is 8.81. The molecule has 2 unspecified atom stereocenters. The number of anilines is 2. The van der Waals surface area contributed by atoms with Crippen molar-refractivity contribution >= 4 is 58.7 Å². The van der Waals surface area contributed by atoms with Gasteiger partial charge >= 0.3 is 14.7 Å². The topological polar surface area (TPSA) is 228 Å². The van der Waals surface area contributed by atoms with E-state index < -0.39 is 24.6 Å². The Morgan fingerprint density at radius 3 is 0.953 bits per heavy atom. The van der Waals surface area contributed by atoms with Gasteiger partial charge in [0.25, 0.3) is 11.4 Å². The molecule has 0 saturated heterocycles. The van der Waals surface area contributed by atoms with Gasteiger partial charge in [0, 0.05) is 46.8 Å². The third-order valence-corrected chi connectivity index (χ3v) is 17.5. The van der Waals surface area contributed by atoms with Crippen molar-refractivity contribution in [2.24, 2.45) is 0 Å². The fraction of sp³-hybridized carbons (Fsp3) is 0.118. The van der Waals surface area contributed by atoms with Crippen LogP contribution in [-0.4, -0.2) is 9.85 Å². The first-order chi connectivity index (χ1) is 41.8. The van der Waals surface area contributed by atoms with Crippen LogP contribution < -0.4 is 60.7 Å². The van der Waals surface area contributed by atoms with Gasteiger partial charge in [-0.05, 0) is 145 Å². The van der Waals surface area contributed by atoms with E-state index in [9.17, 15) is 29.4 Å². The standard InChI is InChI=1S/C30H19N2O8P.C30H23N2O4P.4C2H6/c33-31(34)20-9-13-22(14-10-20)38-24-17-18-28(39-23-15-11-21(12-16-23)32(35)36)30(19-24)41(37)29-8-4-2-6-26(29)25-5-1-3-7-27(25)40-41;31-20-9-13-22(14-10-20)34-24-17-18-28(35-23-15-11-21(32)12-16-23)30(19-24)37(33)29-8-4-2-6-26(29)25-5-1-3-7-27(25)36-37;4*1-2/h1-19H;1-19H,31-32H2;4*1-2H3. The van der Waals surface area contributed by atoms with Crippen molar-refractivity contribution in [3.05, 3.63) is 251 Å². The average Bonchev–Trinajstić information content (AvgIpc) is 0.777. The number of nitro groups is 2. The van der Waals surface area contributed by atoms with Gasteiger partial charge in [0.05, 0.1) is 31.1 Å². The Bertz CT molecular complexity index is 4030. The molecular weight excluding hydrogens is 1130 g/mol. The van der Waals surface area contributed by atoms with Crippen LogP contribution in [0.25, 0.3) is 22.3 Å². The second-order valence-corrected chi connectivity index (χ2v) is 22.1. The molecule has 0 saturated carbocycles. The van der Waals surface area contributed by atoms with Gasteiger partial charge in [0.15, 0.2) is 0 Å². The van der Waals surface area contributed by atoms with Crippen molar-refractivity contribution in [2.75, 3.05) is 11.5 Å². The molecule has 18 heteroatoms. The van der Waals surface area contributed by atoms with E-state index in [1.54, 1.807) is 109 Å². The fourth-order valence-corrected chi connectivity index (χ4v) is 13.6. The van der Waals surface area contributed by atoms with E-state index in [0.717, 1.165) is 22.3 Å². The Hall–Kier alpha value is -10.1. The molecule has 0 bridgehead atoms. The summed E-state index contributed by atoms with van der Waals surface area (Å²) in [4.78, 5) is 21.1. The molecule has 0 amide bonds. The zero-order valence-corrected chi connectivity index (χ0v) is 50.6. The Balaban J connectivity index is 0.000000222. The third-order valence-electron chi connectivity index (χ3n) is 12.5. The molecule has 10 aromatic carbocycles. The minimum Gasteiger partial charge on any atom is -0.457 e. The van der Waals surface area contributed by atoms with Crippen LogP contribution in [0.15, 0.2) is 231 Å². The maximum atomic E-state index is 15.0. The molecule has 2 atom stereocenters. The van der Waals surface area contributed by atoms with Gasteiger partial charge < -0.3 is 39.5 Å². The van der Waals surface area contributed by atoms with Crippen molar-refractivity contribution in [3.8, 4) is 79.7 Å². The lowest BCUT2D eigenvalue weighted by Gasteiger charge is -2.30. The molecule has 10 aromatic rings. The van der Waals surface area contributed by atoms with Crippen molar-refractivity contribution < 1.29 is 47.0 Å². The van der Waals surface area contributed by atoms with Crippen molar-refractivity contribution in [1.82, 2.24) is 0 Å². The lowest BCUT2D eigenvalue weighted by Crippen LogP contribution is -2.26. The van der Waals surface area contributed by atoms with E-state index in [-0.39, 0.29) is 28.2 Å². The van der Waals surface area contributed by atoms with Gasteiger partial charge in [-0.15, -0.1) is 0 Å². The zero-order chi connectivity index (χ0) is 62.0. The lowest BCUT2D eigenvalue weighted by molar-refractivity contribution is -0.385. The number of nitrogen functional groups attached to an aromatic ring is 2. The average molecular weight is 1190 g/mol. The van der Waals surface area contributed by atoms with Gasteiger partial charge in [-0.3, -0.25) is 29.4 Å². The summed E-state index contributed by atoms with van der Waals surface area (Å²) in [5.41, 5.74) is 16.0. The predicted molar refractivity (Wildman–Crippen MR) is 345 cm³/mol. The summed E-state index contributed by atoms with van der Waals surface area (Å²) in [6.07, 6.45) is 0. The minimum atomic E-state index is -3.84. The lowest BCUT2D eigenvalue weighted by atomic mass is 10.0. The Morgan fingerprint density at radius 2 is 0.616 bits per heavy atom. The van der Waals surface area contributed by atoms with E-state index >= 15 is 0 Å². The molecule has 12 rings (SSSR count). The summed E-state index contributed by atoms with van der Waals surface area (Å²) >= 11 is 0. The Labute approximate surface area is 500 Å². The van der Waals surface area contributed by atoms with Crippen molar-refractivity contribution in [1.29, 1.82) is 0 Å². The van der Waals surface area contributed by atoms with Gasteiger partial charge in [-0.2, -0.15) is 0 Å². The highest BCUT2D eigenvalue weighted by atomic mass is 31.2.